The van der Waals surface area contributed by atoms with Crippen molar-refractivity contribution in [1.29, 1.82) is 0 Å². The molecule has 3 aromatic carbocycles. The summed E-state index contributed by atoms with van der Waals surface area (Å²) in [6, 6.07) is 22.3. The van der Waals surface area contributed by atoms with Crippen LogP contribution in [0, 0.1) is 0 Å². The molecule has 31 heavy (non-hydrogen) atoms. The minimum Gasteiger partial charge on any atom is -0.508 e. The van der Waals surface area contributed by atoms with Crippen LogP contribution in [0.5, 0.6) is 5.75 Å². The normalized spacial score (nSPS) is 21.0. The fourth-order valence-corrected chi connectivity index (χ4v) is 5.36. The number of carbonyl (C=O) groups is 1. The van der Waals surface area contributed by atoms with Crippen LogP contribution in [0.1, 0.15) is 35.4 Å². The lowest BCUT2D eigenvalue weighted by Crippen LogP contribution is -2.48. The molecule has 0 bridgehead atoms. The predicted octanol–water partition coefficient (Wildman–Crippen LogP) is 5.99. The van der Waals surface area contributed by atoms with Crippen LogP contribution in [0.25, 0.3) is 0 Å². The number of nitrogens with zero attached hydrogens (tertiary/aromatic N) is 1. The number of benzene rings is 3. The first-order chi connectivity index (χ1) is 14.8. The monoisotopic (exact) mass is 499 g/mol. The maximum absolute atomic E-state index is 12.6. The second-order valence-electron chi connectivity index (χ2n) is 8.09. The fourth-order valence-electron chi connectivity index (χ4n) is 4.60. The summed E-state index contributed by atoms with van der Waals surface area (Å²) in [5.74, 6) is -0.882. The van der Waals surface area contributed by atoms with Crippen LogP contribution in [-0.2, 0) is 10.3 Å². The second kappa shape index (κ2) is 8.65. The van der Waals surface area contributed by atoms with Gasteiger partial charge < -0.3 is 10.2 Å². The van der Waals surface area contributed by atoms with Crippen molar-refractivity contribution in [3.8, 4) is 5.75 Å². The van der Waals surface area contributed by atoms with Gasteiger partial charge in [0.05, 0.1) is 0 Å². The molecule has 3 aromatic rings. The summed E-state index contributed by atoms with van der Waals surface area (Å²) in [6.45, 7) is 2.75. The van der Waals surface area contributed by atoms with Crippen molar-refractivity contribution < 1.29 is 15.0 Å². The Balaban J connectivity index is 1.83. The SMILES string of the molecule is C[C@](C(=O)O)(c1ccccc1)N1C[C@H](c2cc(Cl)ccc2O)[C@@H](c2ccccc2Br)C1. The molecule has 0 saturated carbocycles. The third kappa shape index (κ3) is 3.98. The lowest BCUT2D eigenvalue weighted by Gasteiger charge is -2.35. The molecule has 1 fully saturated rings. The molecule has 0 aliphatic carbocycles. The molecule has 1 aliphatic heterocycles. The third-order valence-corrected chi connectivity index (χ3v) is 7.36. The zero-order valence-corrected chi connectivity index (χ0v) is 19.3. The topological polar surface area (TPSA) is 60.8 Å². The van der Waals surface area contributed by atoms with Gasteiger partial charge in [0.25, 0.3) is 0 Å². The smallest absolute Gasteiger partial charge is 0.328 e. The molecule has 1 heterocycles. The van der Waals surface area contributed by atoms with Crippen LogP contribution in [0.3, 0.4) is 0 Å². The zero-order valence-electron chi connectivity index (χ0n) is 17.0. The molecule has 0 spiro atoms. The lowest BCUT2D eigenvalue weighted by atomic mass is 9.84. The summed E-state index contributed by atoms with van der Waals surface area (Å²) < 4.78 is 0.963. The van der Waals surface area contributed by atoms with Gasteiger partial charge >= 0.3 is 5.97 Å². The molecule has 4 nitrogen and oxygen atoms in total. The van der Waals surface area contributed by atoms with E-state index in [2.05, 4.69) is 15.9 Å². The maximum Gasteiger partial charge on any atom is 0.328 e. The van der Waals surface area contributed by atoms with Crippen molar-refractivity contribution >= 4 is 33.5 Å². The highest BCUT2D eigenvalue weighted by Crippen LogP contribution is 2.48. The van der Waals surface area contributed by atoms with Gasteiger partial charge in [-0.15, -0.1) is 0 Å². The van der Waals surface area contributed by atoms with Gasteiger partial charge in [-0.2, -0.15) is 0 Å². The van der Waals surface area contributed by atoms with Crippen LogP contribution >= 0.6 is 27.5 Å². The number of hydrogen-bond donors (Lipinski definition) is 2. The average molecular weight is 501 g/mol. The van der Waals surface area contributed by atoms with Gasteiger partial charge in [0, 0.05) is 40.0 Å². The Kier molecular flexibility index (Phi) is 6.11. The van der Waals surface area contributed by atoms with Crippen LogP contribution in [0.4, 0.5) is 0 Å². The summed E-state index contributed by atoms with van der Waals surface area (Å²) >= 11 is 9.92. The summed E-state index contributed by atoms with van der Waals surface area (Å²) in [5, 5.41) is 21.5. The first-order valence-corrected chi connectivity index (χ1v) is 11.3. The molecule has 0 amide bonds. The van der Waals surface area contributed by atoms with E-state index in [4.69, 9.17) is 11.6 Å². The van der Waals surface area contributed by atoms with Crippen LogP contribution < -0.4 is 0 Å². The molecule has 6 heteroatoms. The number of carboxylic acids is 1. The Morgan fingerprint density at radius 3 is 2.26 bits per heavy atom. The molecule has 0 radical (unpaired) electrons. The highest BCUT2D eigenvalue weighted by Gasteiger charge is 2.48. The first kappa shape index (κ1) is 21.9. The largest absolute Gasteiger partial charge is 0.508 e. The van der Waals surface area contributed by atoms with Crippen LogP contribution in [0.2, 0.25) is 5.02 Å². The second-order valence-corrected chi connectivity index (χ2v) is 9.38. The summed E-state index contributed by atoms with van der Waals surface area (Å²) in [5.41, 5.74) is 1.33. The number of halogens is 2. The van der Waals surface area contributed by atoms with E-state index in [1.54, 1.807) is 25.1 Å². The zero-order chi connectivity index (χ0) is 22.2. The highest BCUT2D eigenvalue weighted by atomic mass is 79.9. The highest BCUT2D eigenvalue weighted by molar-refractivity contribution is 9.10. The van der Waals surface area contributed by atoms with Gasteiger partial charge in [-0.05, 0) is 42.3 Å². The van der Waals surface area contributed by atoms with Crippen molar-refractivity contribution in [2.24, 2.45) is 0 Å². The minimum absolute atomic E-state index is 0.0256. The van der Waals surface area contributed by atoms with E-state index in [-0.39, 0.29) is 17.6 Å². The number of aromatic hydroxyl groups is 1. The quantitative estimate of drug-likeness (QED) is 0.452. The Bertz CT molecular complexity index is 1110. The summed E-state index contributed by atoms with van der Waals surface area (Å²) in [4.78, 5) is 14.6. The summed E-state index contributed by atoms with van der Waals surface area (Å²) in [7, 11) is 0. The minimum atomic E-state index is -1.20. The van der Waals surface area contributed by atoms with Crippen LogP contribution in [-0.4, -0.2) is 34.2 Å². The Morgan fingerprint density at radius 1 is 1.00 bits per heavy atom. The van der Waals surface area contributed by atoms with Crippen molar-refractivity contribution in [2.45, 2.75) is 24.3 Å². The van der Waals surface area contributed by atoms with Gasteiger partial charge in [0.15, 0.2) is 0 Å². The van der Waals surface area contributed by atoms with Crippen LogP contribution in [0.15, 0.2) is 77.3 Å². The third-order valence-electron chi connectivity index (χ3n) is 6.40. The van der Waals surface area contributed by atoms with E-state index in [0.29, 0.717) is 18.1 Å². The average Bonchev–Trinajstić information content (AvgIpc) is 3.21. The number of phenolic OH excluding ortho intramolecular Hbond substituents is 1. The number of likely N-dealkylation sites (tertiary alicyclic amines) is 1. The number of phenols is 1. The Labute approximate surface area is 195 Å². The molecule has 0 unspecified atom stereocenters. The van der Waals surface area contributed by atoms with Gasteiger partial charge in [-0.3, -0.25) is 4.90 Å². The van der Waals surface area contributed by atoms with E-state index in [1.807, 2.05) is 59.5 Å². The van der Waals surface area contributed by atoms with Gasteiger partial charge in [-0.1, -0.05) is 76.1 Å². The molecule has 1 aliphatic rings. The van der Waals surface area contributed by atoms with E-state index in [9.17, 15) is 15.0 Å². The Morgan fingerprint density at radius 2 is 1.61 bits per heavy atom. The van der Waals surface area contributed by atoms with E-state index in [1.165, 1.54) is 0 Å². The fraction of sp³-hybridized carbons (Fsp3) is 0.240. The van der Waals surface area contributed by atoms with Crippen molar-refractivity contribution in [2.75, 3.05) is 13.1 Å². The number of carboxylic acid groups (broad SMARTS) is 1. The number of hydrogen-bond acceptors (Lipinski definition) is 3. The summed E-state index contributed by atoms with van der Waals surface area (Å²) in [6.07, 6.45) is 0. The van der Waals surface area contributed by atoms with Crippen molar-refractivity contribution in [3.05, 3.63) is 99.0 Å². The number of rotatable bonds is 5. The molecule has 3 atom stereocenters. The van der Waals surface area contributed by atoms with E-state index in [0.717, 1.165) is 21.2 Å². The maximum atomic E-state index is 12.6. The predicted molar refractivity (Wildman–Crippen MR) is 126 cm³/mol. The standard InChI is InChI=1S/C25H23BrClNO3/c1-25(24(30)31,16-7-3-2-4-8-16)28-14-20(18-9-5-6-10-22(18)26)21(15-28)19-13-17(27)11-12-23(19)29/h2-13,20-21,29H,14-15H2,1H3,(H,30,31)/t20-,21-,25-/m1/s1. The molecular formula is C25H23BrClNO3. The molecule has 2 N–H and O–H groups in total. The Hall–Kier alpha value is -2.34. The van der Waals surface area contributed by atoms with Crippen molar-refractivity contribution in [3.63, 3.8) is 0 Å². The molecule has 160 valence electrons. The van der Waals surface area contributed by atoms with Crippen molar-refractivity contribution in [1.82, 2.24) is 4.90 Å². The molecular weight excluding hydrogens is 478 g/mol. The van der Waals surface area contributed by atoms with E-state index < -0.39 is 11.5 Å². The molecule has 1 saturated heterocycles. The lowest BCUT2D eigenvalue weighted by molar-refractivity contribution is -0.150. The van der Waals surface area contributed by atoms with Gasteiger partial charge in [0.2, 0.25) is 0 Å². The van der Waals surface area contributed by atoms with Gasteiger partial charge in [-0.25, -0.2) is 4.79 Å². The van der Waals surface area contributed by atoms with Gasteiger partial charge in [0.1, 0.15) is 11.3 Å². The number of aliphatic carboxylic acids is 1. The first-order valence-electron chi connectivity index (χ1n) is 10.1. The molecule has 0 aromatic heterocycles. The van der Waals surface area contributed by atoms with E-state index >= 15 is 0 Å². The molecule has 4 rings (SSSR count).